The molecule has 1 saturated carbocycles. The molecule has 2 aliphatic heterocycles. The second-order valence-corrected chi connectivity index (χ2v) is 9.08. The van der Waals surface area contributed by atoms with E-state index in [2.05, 4.69) is 15.6 Å². The van der Waals surface area contributed by atoms with Crippen LogP contribution >= 0.6 is 0 Å². The van der Waals surface area contributed by atoms with E-state index >= 15 is 0 Å². The number of anilines is 1. The lowest BCUT2D eigenvalue weighted by Gasteiger charge is -2.30. The van der Waals surface area contributed by atoms with Crippen LogP contribution < -0.4 is 10.6 Å². The van der Waals surface area contributed by atoms with E-state index in [9.17, 15) is 23.6 Å². The van der Waals surface area contributed by atoms with E-state index in [0.717, 1.165) is 0 Å². The van der Waals surface area contributed by atoms with E-state index in [4.69, 9.17) is 0 Å². The Bertz CT molecular complexity index is 1310. The molecular weight excluding hydrogens is 441 g/mol. The van der Waals surface area contributed by atoms with Gasteiger partial charge in [0.05, 0.1) is 17.2 Å². The maximum absolute atomic E-state index is 13.8. The second-order valence-electron chi connectivity index (χ2n) is 9.08. The van der Waals surface area contributed by atoms with Crippen LogP contribution in [0.3, 0.4) is 0 Å². The van der Waals surface area contributed by atoms with Gasteiger partial charge in [0.2, 0.25) is 11.6 Å². The van der Waals surface area contributed by atoms with Gasteiger partial charge in [0.1, 0.15) is 5.82 Å². The third-order valence-corrected chi connectivity index (χ3v) is 6.92. The summed E-state index contributed by atoms with van der Waals surface area (Å²) in [4.78, 5) is 53.5. The highest BCUT2D eigenvalue weighted by Crippen LogP contribution is 2.43. The first-order valence-corrected chi connectivity index (χ1v) is 10.9. The molecule has 1 atom stereocenters. The van der Waals surface area contributed by atoms with Crippen molar-refractivity contribution in [3.8, 4) is 0 Å². The average molecular weight is 465 g/mol. The molecule has 10 heteroatoms. The van der Waals surface area contributed by atoms with Crippen LogP contribution in [0.5, 0.6) is 0 Å². The number of nitrogens with zero attached hydrogens (tertiary/aromatic N) is 2. The topological polar surface area (TPSA) is 115 Å². The van der Waals surface area contributed by atoms with Crippen molar-refractivity contribution in [2.45, 2.75) is 31.8 Å². The van der Waals surface area contributed by atoms with Crippen molar-refractivity contribution in [2.24, 2.45) is 0 Å². The first-order chi connectivity index (χ1) is 16.1. The molecule has 0 bridgehead atoms. The Morgan fingerprint density at radius 3 is 2.59 bits per heavy atom. The van der Waals surface area contributed by atoms with Crippen molar-refractivity contribution >= 4 is 40.7 Å². The average Bonchev–Trinajstić information content (AvgIpc) is 3.10. The van der Waals surface area contributed by atoms with Crippen LogP contribution in [0.1, 0.15) is 39.3 Å². The summed E-state index contributed by atoms with van der Waals surface area (Å²) in [7, 11) is 3.52. The zero-order chi connectivity index (χ0) is 24.5. The number of carbonyl (C=O) groups is 4. The number of aromatic amines is 1. The number of nitrogens with one attached hydrogen (secondary N) is 3. The predicted molar refractivity (Wildman–Crippen MR) is 122 cm³/mol. The van der Waals surface area contributed by atoms with Crippen LogP contribution in [0.4, 0.5) is 10.1 Å². The molecule has 2 fully saturated rings. The van der Waals surface area contributed by atoms with E-state index in [0.29, 0.717) is 46.7 Å². The van der Waals surface area contributed by atoms with Gasteiger partial charge in [-0.1, -0.05) is 0 Å². The van der Waals surface area contributed by atoms with Gasteiger partial charge >= 0.3 is 0 Å². The third kappa shape index (κ3) is 2.99. The molecule has 2 amide bonds. The molecule has 0 radical (unpaired) electrons. The lowest BCUT2D eigenvalue weighted by atomic mass is 10.0. The number of H-pyrrole nitrogens is 1. The molecule has 1 aliphatic carbocycles. The Morgan fingerprint density at radius 2 is 1.94 bits per heavy atom. The molecule has 34 heavy (non-hydrogen) atoms. The lowest BCUT2D eigenvalue weighted by Crippen LogP contribution is -2.53. The number of Topliss-reactive ketones (excluding diaryl/α,β-unsaturated/α-hetero) is 2. The zero-order valence-corrected chi connectivity index (χ0v) is 19.2. The van der Waals surface area contributed by atoms with Crippen molar-refractivity contribution in [3.05, 3.63) is 52.1 Å². The van der Waals surface area contributed by atoms with Crippen LogP contribution in [0, 0.1) is 19.7 Å². The summed E-state index contributed by atoms with van der Waals surface area (Å²) in [6.45, 7) is 3.95. The van der Waals surface area contributed by atoms with Gasteiger partial charge in [0, 0.05) is 43.3 Å². The van der Waals surface area contributed by atoms with Crippen LogP contribution in [0.2, 0.25) is 0 Å². The smallest absolute Gasteiger partial charge is 0.256 e. The first kappa shape index (κ1) is 22.2. The summed E-state index contributed by atoms with van der Waals surface area (Å²) >= 11 is 0. The Morgan fingerprint density at radius 1 is 1.24 bits per heavy atom. The number of hydrazine groups is 1. The number of rotatable bonds is 4. The molecule has 176 valence electrons. The number of benzene rings is 1. The van der Waals surface area contributed by atoms with Crippen LogP contribution in [0.25, 0.3) is 11.6 Å². The van der Waals surface area contributed by atoms with Crippen molar-refractivity contribution in [1.29, 1.82) is 0 Å². The number of aromatic nitrogens is 1. The van der Waals surface area contributed by atoms with E-state index in [-0.39, 0.29) is 11.5 Å². The Balaban J connectivity index is 1.45. The molecule has 1 aromatic carbocycles. The fraction of sp³-hybridized carbons (Fsp3) is 0.333. The van der Waals surface area contributed by atoms with Crippen molar-refractivity contribution in [2.75, 3.05) is 26.0 Å². The summed E-state index contributed by atoms with van der Waals surface area (Å²) in [6.07, 6.45) is 2.06. The fourth-order valence-corrected chi connectivity index (χ4v) is 5.24. The highest BCUT2D eigenvalue weighted by Gasteiger charge is 2.76. The van der Waals surface area contributed by atoms with E-state index < -0.39 is 34.9 Å². The molecule has 1 saturated heterocycles. The number of halogens is 1. The number of hydrogen-bond donors (Lipinski definition) is 3. The molecule has 3 N–H and O–H groups in total. The van der Waals surface area contributed by atoms with Gasteiger partial charge in [-0.15, -0.1) is 0 Å². The van der Waals surface area contributed by atoms with Gasteiger partial charge in [-0.3, -0.25) is 19.2 Å². The van der Waals surface area contributed by atoms with E-state index in [1.54, 1.807) is 44.0 Å². The Labute approximate surface area is 195 Å². The minimum atomic E-state index is -1.32. The number of ketones is 2. The van der Waals surface area contributed by atoms with Gasteiger partial charge in [-0.25, -0.2) is 14.4 Å². The van der Waals surface area contributed by atoms with E-state index in [1.165, 1.54) is 18.2 Å². The second kappa shape index (κ2) is 7.44. The zero-order valence-electron chi connectivity index (χ0n) is 19.2. The number of carbonyl (C=O) groups excluding carboxylic acids is 4. The minimum absolute atomic E-state index is 0.288. The van der Waals surface area contributed by atoms with E-state index in [1.807, 2.05) is 0 Å². The normalized spacial score (nSPS) is 22.1. The summed E-state index contributed by atoms with van der Waals surface area (Å²) in [5.41, 5.74) is 2.03. The third-order valence-electron chi connectivity index (χ3n) is 6.92. The monoisotopic (exact) mass is 465 g/mol. The van der Waals surface area contributed by atoms with Crippen LogP contribution in [-0.2, 0) is 14.4 Å². The molecule has 5 rings (SSSR count). The van der Waals surface area contributed by atoms with Gasteiger partial charge in [-0.2, -0.15) is 0 Å². The van der Waals surface area contributed by atoms with Gasteiger partial charge < -0.3 is 15.6 Å². The largest absolute Gasteiger partial charge is 0.358 e. The SMILES string of the molecule is Cc1[nH]c(/C=C2\C(=O)Nc3ccc(F)cc32)c(C)c1C(=O)N[C@H]1CCN(N(C)C)C12C(=O)C2=O. The molecular formula is C24H24FN5O4. The summed E-state index contributed by atoms with van der Waals surface area (Å²) < 4.78 is 13.8. The summed E-state index contributed by atoms with van der Waals surface area (Å²) in [5, 5.41) is 9.01. The predicted octanol–water partition coefficient (Wildman–Crippen LogP) is 1.43. The Kier molecular flexibility index (Phi) is 4.85. The maximum atomic E-state index is 13.8. The Hall–Kier alpha value is -3.63. The molecule has 9 nitrogen and oxygen atoms in total. The van der Waals surface area contributed by atoms with Crippen molar-refractivity contribution < 1.29 is 23.6 Å². The van der Waals surface area contributed by atoms with Crippen LogP contribution in [0.15, 0.2) is 18.2 Å². The molecule has 3 aliphatic rings. The number of aryl methyl sites for hydroxylation is 1. The van der Waals surface area contributed by atoms with Gasteiger partial charge in [0.15, 0.2) is 5.54 Å². The highest BCUT2D eigenvalue weighted by atomic mass is 19.1. The fourth-order valence-electron chi connectivity index (χ4n) is 5.24. The molecule has 1 aromatic heterocycles. The van der Waals surface area contributed by atoms with Gasteiger partial charge in [0.25, 0.3) is 11.8 Å². The quantitative estimate of drug-likeness (QED) is 0.358. The van der Waals surface area contributed by atoms with Gasteiger partial charge in [-0.05, 0) is 50.1 Å². The maximum Gasteiger partial charge on any atom is 0.256 e. The molecule has 2 aromatic rings. The van der Waals surface area contributed by atoms with Crippen LogP contribution in [-0.4, -0.2) is 70.6 Å². The first-order valence-electron chi connectivity index (χ1n) is 10.9. The minimum Gasteiger partial charge on any atom is -0.358 e. The number of amides is 2. The van der Waals surface area contributed by atoms with Crippen molar-refractivity contribution in [1.82, 2.24) is 20.3 Å². The summed E-state index contributed by atoms with van der Waals surface area (Å²) in [6, 6.07) is 3.44. The van der Waals surface area contributed by atoms with Crippen molar-refractivity contribution in [3.63, 3.8) is 0 Å². The molecule has 3 heterocycles. The lowest BCUT2D eigenvalue weighted by molar-refractivity contribution is -0.122. The highest BCUT2D eigenvalue weighted by molar-refractivity contribution is 6.67. The number of hydrogen-bond acceptors (Lipinski definition) is 6. The molecule has 0 unspecified atom stereocenters. The number of fused-ring (bicyclic) bond motifs is 1. The summed E-state index contributed by atoms with van der Waals surface area (Å²) in [5.74, 6) is -2.21. The standard InChI is InChI=1S/C24H24FN5O4/c1-11-17(10-15-14-9-13(25)5-6-16(14)27-22(15)33)26-12(2)19(11)23(34)28-18-7-8-30(29(3)4)24(18)20(31)21(24)32/h5-6,9-10,18,26H,7-8H2,1-4H3,(H,27,33)(H,28,34)/b15-10-/t18-/m0/s1. The molecule has 1 spiro atoms.